The Morgan fingerprint density at radius 3 is 2.86 bits per heavy atom. The lowest BCUT2D eigenvalue weighted by Gasteiger charge is -1.99. The highest BCUT2D eigenvalue weighted by Gasteiger charge is 2.05. The summed E-state index contributed by atoms with van der Waals surface area (Å²) in [5.41, 5.74) is 2.38. The third kappa shape index (κ3) is 1.50. The second-order valence-corrected chi connectivity index (χ2v) is 3.32. The van der Waals surface area contributed by atoms with Crippen molar-refractivity contribution in [3.05, 3.63) is 47.1 Å². The fourth-order valence-corrected chi connectivity index (χ4v) is 1.54. The van der Waals surface area contributed by atoms with Gasteiger partial charge in [-0.05, 0) is 18.2 Å². The van der Waals surface area contributed by atoms with Crippen LogP contribution in [0.3, 0.4) is 0 Å². The van der Waals surface area contributed by atoms with E-state index in [1.165, 1.54) is 0 Å². The average Bonchev–Trinajstić information content (AvgIpc) is 2.65. The number of aromatic amines is 1. The van der Waals surface area contributed by atoms with Crippen molar-refractivity contribution in [1.29, 1.82) is 5.26 Å². The van der Waals surface area contributed by atoms with Crippen molar-refractivity contribution in [1.82, 2.24) is 4.98 Å². The molecule has 0 amide bonds. The number of rotatable bonds is 1. The summed E-state index contributed by atoms with van der Waals surface area (Å²) in [6, 6.07) is 11.3. The summed E-state index contributed by atoms with van der Waals surface area (Å²) in [5, 5.41) is 9.50. The molecule has 0 saturated carbocycles. The van der Waals surface area contributed by atoms with Crippen LogP contribution in [0.4, 0.5) is 0 Å². The highest BCUT2D eigenvalue weighted by atomic mass is 35.5. The Bertz CT molecular complexity index is 494. The number of nitrogens with zero attached hydrogens (tertiary/aromatic N) is 1. The van der Waals surface area contributed by atoms with Crippen LogP contribution in [-0.2, 0) is 0 Å². The molecule has 1 aromatic heterocycles. The van der Waals surface area contributed by atoms with Gasteiger partial charge >= 0.3 is 0 Å². The highest BCUT2D eigenvalue weighted by Crippen LogP contribution is 2.23. The zero-order valence-corrected chi connectivity index (χ0v) is 8.05. The first-order valence-corrected chi connectivity index (χ1v) is 4.52. The normalized spacial score (nSPS) is 9.71. The van der Waals surface area contributed by atoms with E-state index in [0.717, 1.165) is 11.3 Å². The molecule has 1 aromatic carbocycles. The Balaban J connectivity index is 2.56. The van der Waals surface area contributed by atoms with Gasteiger partial charge in [0, 0.05) is 16.8 Å². The van der Waals surface area contributed by atoms with Crippen LogP contribution in [0.25, 0.3) is 11.3 Å². The SMILES string of the molecule is N#Cc1cc[nH]c1-c1cccc(Cl)c1. The van der Waals surface area contributed by atoms with Gasteiger partial charge < -0.3 is 4.98 Å². The lowest BCUT2D eigenvalue weighted by atomic mass is 10.1. The van der Waals surface area contributed by atoms with E-state index in [9.17, 15) is 0 Å². The van der Waals surface area contributed by atoms with Crippen LogP contribution in [0.2, 0.25) is 5.02 Å². The summed E-state index contributed by atoms with van der Waals surface area (Å²) in [4.78, 5) is 3.02. The number of nitrogens with one attached hydrogen (secondary N) is 1. The van der Waals surface area contributed by atoms with Crippen molar-refractivity contribution in [2.45, 2.75) is 0 Å². The number of halogens is 1. The van der Waals surface area contributed by atoms with Gasteiger partial charge in [0.05, 0.1) is 11.3 Å². The van der Waals surface area contributed by atoms with Gasteiger partial charge in [-0.3, -0.25) is 0 Å². The minimum Gasteiger partial charge on any atom is -0.360 e. The molecule has 0 radical (unpaired) electrons. The van der Waals surface area contributed by atoms with Crippen LogP contribution in [-0.4, -0.2) is 4.98 Å². The standard InChI is InChI=1S/C11H7ClN2/c12-10-3-1-2-8(6-10)11-9(7-13)4-5-14-11/h1-6,14H. The molecule has 0 atom stereocenters. The van der Waals surface area contributed by atoms with Crippen LogP contribution in [0.5, 0.6) is 0 Å². The summed E-state index contributed by atoms with van der Waals surface area (Å²) in [6.07, 6.45) is 1.74. The molecule has 0 saturated heterocycles. The highest BCUT2D eigenvalue weighted by molar-refractivity contribution is 6.30. The molecule has 1 heterocycles. The summed E-state index contributed by atoms with van der Waals surface area (Å²) in [6.45, 7) is 0. The number of hydrogen-bond acceptors (Lipinski definition) is 1. The lowest BCUT2D eigenvalue weighted by Crippen LogP contribution is -1.80. The smallest absolute Gasteiger partial charge is 0.101 e. The van der Waals surface area contributed by atoms with E-state index in [2.05, 4.69) is 11.1 Å². The molecule has 0 aliphatic heterocycles. The fourth-order valence-electron chi connectivity index (χ4n) is 1.35. The number of aromatic nitrogens is 1. The van der Waals surface area contributed by atoms with Crippen LogP contribution >= 0.6 is 11.6 Å². The zero-order chi connectivity index (χ0) is 9.97. The molecule has 0 aliphatic carbocycles. The molecule has 0 fully saturated rings. The second-order valence-electron chi connectivity index (χ2n) is 2.89. The lowest BCUT2D eigenvalue weighted by molar-refractivity contribution is 1.39. The maximum absolute atomic E-state index is 8.83. The minimum absolute atomic E-state index is 0.632. The van der Waals surface area contributed by atoms with Crippen molar-refractivity contribution in [3.8, 4) is 17.3 Å². The van der Waals surface area contributed by atoms with Crippen molar-refractivity contribution in [2.75, 3.05) is 0 Å². The average molecular weight is 203 g/mol. The van der Waals surface area contributed by atoms with Gasteiger partial charge in [0.1, 0.15) is 6.07 Å². The molecule has 1 N–H and O–H groups in total. The second kappa shape index (κ2) is 3.57. The molecule has 0 aliphatic rings. The first kappa shape index (κ1) is 8.86. The Morgan fingerprint density at radius 2 is 2.14 bits per heavy atom. The molecule has 2 aromatic rings. The molecule has 68 valence electrons. The van der Waals surface area contributed by atoms with Crippen LogP contribution in [0, 0.1) is 11.3 Å². The van der Waals surface area contributed by atoms with Crippen molar-refractivity contribution in [2.24, 2.45) is 0 Å². The summed E-state index contributed by atoms with van der Waals surface area (Å²) >= 11 is 5.86. The Morgan fingerprint density at radius 1 is 1.29 bits per heavy atom. The van der Waals surface area contributed by atoms with Gasteiger partial charge in [-0.2, -0.15) is 5.26 Å². The van der Waals surface area contributed by atoms with Crippen molar-refractivity contribution >= 4 is 11.6 Å². The predicted octanol–water partition coefficient (Wildman–Crippen LogP) is 3.21. The van der Waals surface area contributed by atoms with E-state index in [1.807, 2.05) is 18.2 Å². The number of nitriles is 1. The summed E-state index contributed by atoms with van der Waals surface area (Å²) < 4.78 is 0. The van der Waals surface area contributed by atoms with Crippen LogP contribution < -0.4 is 0 Å². The number of benzene rings is 1. The van der Waals surface area contributed by atoms with Gasteiger partial charge in [-0.15, -0.1) is 0 Å². The first-order valence-electron chi connectivity index (χ1n) is 4.14. The van der Waals surface area contributed by atoms with E-state index in [4.69, 9.17) is 16.9 Å². The van der Waals surface area contributed by atoms with E-state index in [0.29, 0.717) is 10.6 Å². The van der Waals surface area contributed by atoms with E-state index in [1.54, 1.807) is 18.3 Å². The Kier molecular flexibility index (Phi) is 2.26. The summed E-state index contributed by atoms with van der Waals surface area (Å²) in [5.74, 6) is 0. The third-order valence-electron chi connectivity index (χ3n) is 1.98. The first-order chi connectivity index (χ1) is 6.81. The molecule has 14 heavy (non-hydrogen) atoms. The largest absolute Gasteiger partial charge is 0.360 e. The molecule has 0 spiro atoms. The number of hydrogen-bond donors (Lipinski definition) is 1. The van der Waals surface area contributed by atoms with E-state index < -0.39 is 0 Å². The number of H-pyrrole nitrogens is 1. The summed E-state index contributed by atoms with van der Waals surface area (Å²) in [7, 11) is 0. The fraction of sp³-hybridized carbons (Fsp3) is 0. The van der Waals surface area contributed by atoms with Gasteiger partial charge in [0.2, 0.25) is 0 Å². The zero-order valence-electron chi connectivity index (χ0n) is 7.29. The van der Waals surface area contributed by atoms with Gasteiger partial charge in [0.25, 0.3) is 0 Å². The van der Waals surface area contributed by atoms with Gasteiger partial charge in [-0.25, -0.2) is 0 Å². The topological polar surface area (TPSA) is 39.6 Å². The monoisotopic (exact) mass is 202 g/mol. The van der Waals surface area contributed by atoms with E-state index in [-0.39, 0.29) is 0 Å². The molecule has 3 heteroatoms. The molecule has 0 unspecified atom stereocenters. The van der Waals surface area contributed by atoms with E-state index >= 15 is 0 Å². The van der Waals surface area contributed by atoms with Crippen LogP contribution in [0.15, 0.2) is 36.5 Å². The Labute approximate surface area is 86.8 Å². The predicted molar refractivity (Wildman–Crippen MR) is 56.0 cm³/mol. The molecular weight excluding hydrogens is 196 g/mol. The molecule has 2 nitrogen and oxygen atoms in total. The van der Waals surface area contributed by atoms with Crippen LogP contribution in [0.1, 0.15) is 5.56 Å². The molecular formula is C11H7ClN2. The Hall–Kier alpha value is -1.72. The molecule has 2 rings (SSSR count). The van der Waals surface area contributed by atoms with Gasteiger partial charge in [-0.1, -0.05) is 23.7 Å². The van der Waals surface area contributed by atoms with Crippen molar-refractivity contribution in [3.63, 3.8) is 0 Å². The maximum atomic E-state index is 8.83. The molecule has 0 bridgehead atoms. The third-order valence-corrected chi connectivity index (χ3v) is 2.22. The minimum atomic E-state index is 0.632. The maximum Gasteiger partial charge on any atom is 0.101 e. The van der Waals surface area contributed by atoms with Crippen molar-refractivity contribution < 1.29 is 0 Å². The van der Waals surface area contributed by atoms with Gasteiger partial charge in [0.15, 0.2) is 0 Å². The quantitative estimate of drug-likeness (QED) is 0.758.